The van der Waals surface area contributed by atoms with Crippen molar-refractivity contribution < 1.29 is 0 Å². The zero-order valence-electron chi connectivity index (χ0n) is 12.7. The van der Waals surface area contributed by atoms with Gasteiger partial charge in [0.15, 0.2) is 0 Å². The summed E-state index contributed by atoms with van der Waals surface area (Å²) in [6.45, 7) is 8.85. The standard InChI is InChI=1S/C16H27ClN2/c1-6-15(18)16(19(5)12(4)11(2)3)13-9-7-8-10-14(13)17/h7-12,15-16H,6,18H2,1-5H3. The van der Waals surface area contributed by atoms with E-state index < -0.39 is 0 Å². The molecule has 0 fully saturated rings. The lowest BCUT2D eigenvalue weighted by Gasteiger charge is -2.39. The Hall–Kier alpha value is -0.570. The molecule has 19 heavy (non-hydrogen) atoms. The predicted molar refractivity (Wildman–Crippen MR) is 84.5 cm³/mol. The molecule has 0 aliphatic carbocycles. The number of halogens is 1. The predicted octanol–water partition coefficient (Wildman–Crippen LogP) is 4.09. The maximum atomic E-state index is 6.37. The van der Waals surface area contributed by atoms with Gasteiger partial charge in [0.2, 0.25) is 0 Å². The molecule has 3 unspecified atom stereocenters. The minimum atomic E-state index is 0.0890. The monoisotopic (exact) mass is 282 g/mol. The van der Waals surface area contributed by atoms with Gasteiger partial charge in [-0.2, -0.15) is 0 Å². The Bertz CT molecular complexity index is 392. The molecule has 108 valence electrons. The van der Waals surface area contributed by atoms with Crippen molar-refractivity contribution in [1.29, 1.82) is 0 Å². The first kappa shape index (κ1) is 16.5. The summed E-state index contributed by atoms with van der Waals surface area (Å²) in [5.74, 6) is 0.582. The lowest BCUT2D eigenvalue weighted by molar-refractivity contribution is 0.127. The highest BCUT2D eigenvalue weighted by molar-refractivity contribution is 6.31. The lowest BCUT2D eigenvalue weighted by atomic mass is 9.93. The van der Waals surface area contributed by atoms with E-state index >= 15 is 0 Å². The normalized spacial score (nSPS) is 16.7. The third-order valence-corrected chi connectivity index (χ3v) is 4.49. The molecule has 2 nitrogen and oxygen atoms in total. The van der Waals surface area contributed by atoms with Crippen molar-refractivity contribution in [3.63, 3.8) is 0 Å². The summed E-state index contributed by atoms with van der Waals surface area (Å²) < 4.78 is 0. The van der Waals surface area contributed by atoms with E-state index in [4.69, 9.17) is 17.3 Å². The number of likely N-dealkylation sites (N-methyl/N-ethyl adjacent to an activating group) is 1. The fourth-order valence-corrected chi connectivity index (χ4v) is 2.66. The van der Waals surface area contributed by atoms with Gasteiger partial charge in [0.1, 0.15) is 0 Å². The second-order valence-electron chi connectivity index (χ2n) is 5.69. The minimum Gasteiger partial charge on any atom is -0.326 e. The highest BCUT2D eigenvalue weighted by Gasteiger charge is 2.28. The first-order valence-corrected chi connectivity index (χ1v) is 7.49. The Morgan fingerprint density at radius 1 is 1.21 bits per heavy atom. The minimum absolute atomic E-state index is 0.0890. The van der Waals surface area contributed by atoms with Gasteiger partial charge in [-0.25, -0.2) is 0 Å². The van der Waals surface area contributed by atoms with Gasteiger partial charge < -0.3 is 5.73 Å². The van der Waals surface area contributed by atoms with Gasteiger partial charge in [-0.3, -0.25) is 4.90 Å². The largest absolute Gasteiger partial charge is 0.326 e. The summed E-state index contributed by atoms with van der Waals surface area (Å²) in [6, 6.07) is 8.74. The van der Waals surface area contributed by atoms with E-state index in [0.29, 0.717) is 12.0 Å². The molecule has 0 aliphatic heterocycles. The Balaban J connectivity index is 3.12. The summed E-state index contributed by atoms with van der Waals surface area (Å²) in [6.07, 6.45) is 0.936. The van der Waals surface area contributed by atoms with Gasteiger partial charge in [-0.1, -0.05) is 50.6 Å². The van der Waals surface area contributed by atoms with Crippen LogP contribution in [0.1, 0.15) is 45.7 Å². The van der Waals surface area contributed by atoms with Crippen LogP contribution in [-0.2, 0) is 0 Å². The van der Waals surface area contributed by atoms with E-state index in [2.05, 4.69) is 45.7 Å². The van der Waals surface area contributed by atoms with E-state index in [1.807, 2.05) is 18.2 Å². The van der Waals surface area contributed by atoms with Gasteiger partial charge in [0, 0.05) is 17.1 Å². The molecule has 0 aromatic heterocycles. The molecule has 0 heterocycles. The van der Waals surface area contributed by atoms with Crippen molar-refractivity contribution in [3.8, 4) is 0 Å². The van der Waals surface area contributed by atoms with E-state index in [9.17, 15) is 0 Å². The van der Waals surface area contributed by atoms with Gasteiger partial charge in [-0.15, -0.1) is 0 Å². The van der Waals surface area contributed by atoms with Crippen LogP contribution in [0.2, 0.25) is 5.02 Å². The van der Waals surface area contributed by atoms with Crippen molar-refractivity contribution in [1.82, 2.24) is 4.90 Å². The Morgan fingerprint density at radius 2 is 1.79 bits per heavy atom. The summed E-state index contributed by atoms with van der Waals surface area (Å²) in [4.78, 5) is 2.36. The van der Waals surface area contributed by atoms with Crippen LogP contribution in [-0.4, -0.2) is 24.0 Å². The third-order valence-electron chi connectivity index (χ3n) is 4.15. The quantitative estimate of drug-likeness (QED) is 0.851. The van der Waals surface area contributed by atoms with E-state index in [0.717, 1.165) is 17.0 Å². The maximum absolute atomic E-state index is 6.37. The lowest BCUT2D eigenvalue weighted by Crippen LogP contribution is -2.44. The zero-order valence-corrected chi connectivity index (χ0v) is 13.5. The Labute approximate surface area is 122 Å². The topological polar surface area (TPSA) is 29.3 Å². The molecule has 1 rings (SSSR count). The van der Waals surface area contributed by atoms with Gasteiger partial charge in [0.25, 0.3) is 0 Å². The molecule has 1 aromatic carbocycles. The van der Waals surface area contributed by atoms with E-state index in [1.165, 1.54) is 0 Å². The Morgan fingerprint density at radius 3 is 2.26 bits per heavy atom. The van der Waals surface area contributed by atoms with Crippen molar-refractivity contribution in [2.24, 2.45) is 11.7 Å². The van der Waals surface area contributed by atoms with Crippen LogP contribution in [0.15, 0.2) is 24.3 Å². The smallest absolute Gasteiger partial charge is 0.0513 e. The fraction of sp³-hybridized carbons (Fsp3) is 0.625. The summed E-state index contributed by atoms with van der Waals surface area (Å²) in [7, 11) is 2.15. The molecule has 0 bridgehead atoms. The number of nitrogens with zero attached hydrogens (tertiary/aromatic N) is 1. The second kappa shape index (κ2) is 7.28. The fourth-order valence-electron chi connectivity index (χ4n) is 2.41. The Kier molecular flexibility index (Phi) is 6.31. The molecular weight excluding hydrogens is 256 g/mol. The van der Waals surface area contributed by atoms with Crippen LogP contribution in [0.3, 0.4) is 0 Å². The molecule has 3 heteroatoms. The second-order valence-corrected chi connectivity index (χ2v) is 6.10. The molecule has 3 atom stereocenters. The number of rotatable bonds is 6. The summed E-state index contributed by atoms with van der Waals surface area (Å²) >= 11 is 6.37. The number of nitrogens with two attached hydrogens (primary N) is 1. The summed E-state index contributed by atoms with van der Waals surface area (Å²) in [5.41, 5.74) is 7.49. The molecule has 2 N–H and O–H groups in total. The first-order valence-electron chi connectivity index (χ1n) is 7.12. The van der Waals surface area contributed by atoms with E-state index in [-0.39, 0.29) is 12.1 Å². The van der Waals surface area contributed by atoms with Crippen LogP contribution < -0.4 is 5.73 Å². The SMILES string of the molecule is CCC(N)C(c1ccccc1Cl)N(C)C(C)C(C)C. The van der Waals surface area contributed by atoms with Crippen molar-refractivity contribution in [3.05, 3.63) is 34.9 Å². The number of hydrogen-bond acceptors (Lipinski definition) is 2. The van der Waals surface area contributed by atoms with Crippen molar-refractivity contribution in [2.45, 2.75) is 52.2 Å². The molecule has 0 saturated heterocycles. The van der Waals surface area contributed by atoms with Crippen LogP contribution in [0.5, 0.6) is 0 Å². The summed E-state index contributed by atoms with van der Waals surface area (Å²) in [5, 5.41) is 0.805. The van der Waals surface area contributed by atoms with Gasteiger partial charge >= 0.3 is 0 Å². The molecule has 0 spiro atoms. The van der Waals surface area contributed by atoms with Crippen LogP contribution in [0.25, 0.3) is 0 Å². The molecule has 0 amide bonds. The van der Waals surface area contributed by atoms with Crippen LogP contribution >= 0.6 is 11.6 Å². The molecule has 0 saturated carbocycles. The molecule has 0 aliphatic rings. The van der Waals surface area contributed by atoms with Gasteiger partial charge in [-0.05, 0) is 37.9 Å². The average Bonchev–Trinajstić information content (AvgIpc) is 2.39. The number of benzene rings is 1. The number of hydrogen-bond donors (Lipinski definition) is 1. The molecule has 0 radical (unpaired) electrons. The molecule has 1 aromatic rings. The van der Waals surface area contributed by atoms with Crippen molar-refractivity contribution in [2.75, 3.05) is 7.05 Å². The third kappa shape index (κ3) is 3.95. The van der Waals surface area contributed by atoms with Crippen molar-refractivity contribution >= 4 is 11.6 Å². The van der Waals surface area contributed by atoms with E-state index in [1.54, 1.807) is 0 Å². The zero-order chi connectivity index (χ0) is 14.6. The first-order chi connectivity index (χ1) is 8.90. The van der Waals surface area contributed by atoms with Gasteiger partial charge in [0.05, 0.1) is 6.04 Å². The molecular formula is C16H27ClN2. The van der Waals surface area contributed by atoms with Crippen LogP contribution in [0.4, 0.5) is 0 Å². The average molecular weight is 283 g/mol. The maximum Gasteiger partial charge on any atom is 0.0513 e. The highest BCUT2D eigenvalue weighted by Crippen LogP contribution is 2.32. The highest BCUT2D eigenvalue weighted by atomic mass is 35.5. The van der Waals surface area contributed by atoms with Crippen LogP contribution in [0, 0.1) is 5.92 Å².